The number of methoxy groups -OCH3 is 1. The van der Waals surface area contributed by atoms with Crippen molar-refractivity contribution in [2.75, 3.05) is 20.2 Å². The molecule has 4 rings (SSSR count). The summed E-state index contributed by atoms with van der Waals surface area (Å²) in [4.78, 5) is 51.7. The second-order valence-electron chi connectivity index (χ2n) is 11.1. The van der Waals surface area contributed by atoms with Crippen LogP contribution in [-0.4, -0.2) is 62.2 Å². The number of carbonyl (C=O) groups excluding carboxylic acids is 2. The lowest BCUT2D eigenvalue weighted by molar-refractivity contribution is 0.0165. The van der Waals surface area contributed by atoms with Gasteiger partial charge < -0.3 is 29.2 Å². The molecule has 210 valence electrons. The Hall–Kier alpha value is -3.89. The van der Waals surface area contributed by atoms with Crippen molar-refractivity contribution in [2.24, 2.45) is 5.92 Å². The Kier molecular flexibility index (Phi) is 7.99. The van der Waals surface area contributed by atoms with Gasteiger partial charge >= 0.3 is 6.09 Å². The third kappa shape index (κ3) is 5.91. The first-order valence-corrected chi connectivity index (χ1v) is 13.2. The first-order chi connectivity index (χ1) is 18.4. The quantitative estimate of drug-likeness (QED) is 0.487. The maximum absolute atomic E-state index is 13.5. The van der Waals surface area contributed by atoms with Crippen LogP contribution < -0.4 is 15.6 Å². The maximum atomic E-state index is 13.5. The summed E-state index contributed by atoms with van der Waals surface area (Å²) in [5, 5.41) is 3.53. The van der Waals surface area contributed by atoms with E-state index < -0.39 is 5.60 Å². The summed E-state index contributed by atoms with van der Waals surface area (Å²) in [6.45, 7) is 12.6. The zero-order valence-corrected chi connectivity index (χ0v) is 23.8. The monoisotopic (exact) mass is 538 g/mol. The number of likely N-dealkylation sites (tertiary alicyclic amines) is 1. The fourth-order valence-corrected chi connectivity index (χ4v) is 5.35. The van der Waals surface area contributed by atoms with Gasteiger partial charge in [0.05, 0.1) is 30.2 Å². The van der Waals surface area contributed by atoms with Crippen LogP contribution in [-0.2, 0) is 11.3 Å². The fourth-order valence-electron chi connectivity index (χ4n) is 5.35. The Balaban J connectivity index is 1.55. The molecule has 2 N–H and O–H groups in total. The molecule has 2 amide bonds. The van der Waals surface area contributed by atoms with E-state index in [1.165, 1.54) is 13.4 Å². The number of rotatable bonds is 6. The van der Waals surface area contributed by atoms with Gasteiger partial charge in [-0.1, -0.05) is 0 Å². The number of carbonyl (C=O) groups is 2. The van der Waals surface area contributed by atoms with Gasteiger partial charge in [0.25, 0.3) is 11.5 Å². The van der Waals surface area contributed by atoms with E-state index >= 15 is 0 Å². The molecule has 0 radical (unpaired) electrons. The van der Waals surface area contributed by atoms with Gasteiger partial charge in [-0.2, -0.15) is 0 Å². The molecule has 0 spiro atoms. The van der Waals surface area contributed by atoms with E-state index in [9.17, 15) is 14.4 Å². The lowest BCUT2D eigenvalue weighted by atomic mass is 9.90. The van der Waals surface area contributed by atoms with E-state index in [-0.39, 0.29) is 36.1 Å². The van der Waals surface area contributed by atoms with Crippen molar-refractivity contribution in [3.05, 3.63) is 51.5 Å². The Labute approximate surface area is 227 Å². The van der Waals surface area contributed by atoms with Crippen LogP contribution in [0.2, 0.25) is 0 Å². The third-order valence-corrected chi connectivity index (χ3v) is 7.30. The molecular weight excluding hydrogens is 500 g/mol. The van der Waals surface area contributed by atoms with Crippen molar-refractivity contribution >= 4 is 23.0 Å². The molecule has 1 atom stereocenters. The lowest BCUT2D eigenvalue weighted by Crippen LogP contribution is -2.42. The van der Waals surface area contributed by atoms with Gasteiger partial charge in [0.1, 0.15) is 23.3 Å². The molecule has 11 nitrogen and oxygen atoms in total. The van der Waals surface area contributed by atoms with Crippen molar-refractivity contribution in [1.82, 2.24) is 29.7 Å². The van der Waals surface area contributed by atoms with Crippen LogP contribution in [0.1, 0.15) is 73.9 Å². The maximum Gasteiger partial charge on any atom is 0.410 e. The smallest absolute Gasteiger partial charge is 0.410 e. The number of fused-ring (bicyclic) bond motifs is 1. The van der Waals surface area contributed by atoms with Crippen molar-refractivity contribution < 1.29 is 19.1 Å². The van der Waals surface area contributed by atoms with Gasteiger partial charge in [-0.05, 0) is 66.4 Å². The molecular formula is C28H38N6O5. The number of hydrogen-bond donors (Lipinski definition) is 2. The number of nitrogens with zero attached hydrogens (tertiary/aromatic N) is 4. The highest BCUT2D eigenvalue weighted by Crippen LogP contribution is 2.35. The second kappa shape index (κ2) is 11.1. The summed E-state index contributed by atoms with van der Waals surface area (Å²) >= 11 is 0. The van der Waals surface area contributed by atoms with Crippen molar-refractivity contribution in [3.8, 4) is 5.75 Å². The van der Waals surface area contributed by atoms with Crippen molar-refractivity contribution in [3.63, 3.8) is 0 Å². The van der Waals surface area contributed by atoms with Crippen molar-refractivity contribution in [1.29, 1.82) is 0 Å². The normalized spacial score (nSPS) is 15.3. The number of aryl methyl sites for hydroxylation is 1. The average Bonchev–Trinajstić information content (AvgIpc) is 3.17. The molecule has 0 aromatic carbocycles. The number of pyridine rings is 1. The number of aromatic amines is 1. The summed E-state index contributed by atoms with van der Waals surface area (Å²) in [7, 11) is 1.49. The van der Waals surface area contributed by atoms with Gasteiger partial charge in [0, 0.05) is 36.7 Å². The number of H-pyrrole nitrogens is 1. The van der Waals surface area contributed by atoms with E-state index in [4.69, 9.17) is 9.47 Å². The van der Waals surface area contributed by atoms with Crippen LogP contribution >= 0.6 is 0 Å². The number of hydrogen-bond acceptors (Lipinski definition) is 7. The predicted octanol–water partition coefficient (Wildman–Crippen LogP) is 3.88. The van der Waals surface area contributed by atoms with Crippen LogP contribution in [0.4, 0.5) is 4.79 Å². The molecule has 3 aromatic rings. The molecule has 0 aliphatic carbocycles. The third-order valence-electron chi connectivity index (χ3n) is 7.30. The standard InChI is InChI=1S/C28H38N6O5/c1-16-12-22(38-7)20(25(35)32-16)14-30-26(36)23-18(3)34(24-21(23)13-29-15-31-24)17(2)19-8-10-33(11-9-19)27(37)39-28(4,5)6/h12-13,15,17,19H,8-11,14H2,1-7H3,(H,30,36)(H,32,35). The summed E-state index contributed by atoms with van der Waals surface area (Å²) < 4.78 is 13.0. The molecule has 1 saturated heterocycles. The van der Waals surface area contributed by atoms with Crippen molar-refractivity contribution in [2.45, 2.75) is 72.6 Å². The lowest BCUT2D eigenvalue weighted by Gasteiger charge is -2.36. The largest absolute Gasteiger partial charge is 0.496 e. The van der Waals surface area contributed by atoms with E-state index in [1.54, 1.807) is 24.1 Å². The molecule has 4 heterocycles. The number of ether oxygens (including phenoxy) is 2. The molecule has 3 aromatic heterocycles. The minimum atomic E-state index is -0.531. The minimum absolute atomic E-state index is 0.0100. The minimum Gasteiger partial charge on any atom is -0.496 e. The Morgan fingerprint density at radius 1 is 1.23 bits per heavy atom. The van der Waals surface area contributed by atoms with Crippen LogP contribution in [0.15, 0.2) is 23.4 Å². The molecule has 39 heavy (non-hydrogen) atoms. The SMILES string of the molecule is COc1cc(C)[nH]c(=O)c1CNC(=O)c1c(C)n(C(C)C2CCN(C(=O)OC(C)(C)C)CC2)c2ncncc12. The molecule has 11 heteroatoms. The molecule has 1 fully saturated rings. The van der Waals surface area contributed by atoms with Crippen LogP contribution in [0.5, 0.6) is 5.75 Å². The van der Waals surface area contributed by atoms with E-state index in [0.29, 0.717) is 46.7 Å². The highest BCUT2D eigenvalue weighted by atomic mass is 16.6. The topological polar surface area (TPSA) is 131 Å². The average molecular weight is 539 g/mol. The second-order valence-corrected chi connectivity index (χ2v) is 11.1. The molecule has 1 aliphatic rings. The summed E-state index contributed by atoms with van der Waals surface area (Å²) in [6.07, 6.45) is 4.46. The van der Waals surface area contributed by atoms with E-state index in [1.807, 2.05) is 27.7 Å². The summed E-state index contributed by atoms with van der Waals surface area (Å²) in [5.41, 5.74) is 2.12. The van der Waals surface area contributed by atoms with E-state index in [2.05, 4.69) is 31.8 Å². The first kappa shape index (κ1) is 28.1. The van der Waals surface area contributed by atoms with Gasteiger partial charge in [0.2, 0.25) is 0 Å². The van der Waals surface area contributed by atoms with Gasteiger partial charge in [-0.25, -0.2) is 14.8 Å². The Morgan fingerprint density at radius 2 is 1.92 bits per heavy atom. The molecule has 0 saturated carbocycles. The predicted molar refractivity (Wildman–Crippen MR) is 147 cm³/mol. The van der Waals surface area contributed by atoms with Gasteiger partial charge in [-0.15, -0.1) is 0 Å². The Morgan fingerprint density at radius 3 is 2.56 bits per heavy atom. The number of aromatic nitrogens is 4. The van der Waals surface area contributed by atoms with Crippen LogP contribution in [0, 0.1) is 19.8 Å². The fraction of sp³-hybridized carbons (Fsp3) is 0.536. The summed E-state index contributed by atoms with van der Waals surface area (Å²) in [5.74, 6) is 0.379. The van der Waals surface area contributed by atoms with Crippen LogP contribution in [0.3, 0.4) is 0 Å². The van der Waals surface area contributed by atoms with Crippen LogP contribution in [0.25, 0.3) is 11.0 Å². The molecule has 0 bridgehead atoms. The zero-order chi connectivity index (χ0) is 28.5. The number of nitrogens with one attached hydrogen (secondary N) is 2. The molecule has 1 unspecified atom stereocenters. The zero-order valence-electron chi connectivity index (χ0n) is 23.8. The van der Waals surface area contributed by atoms with Gasteiger partial charge in [0.15, 0.2) is 0 Å². The first-order valence-electron chi connectivity index (χ1n) is 13.2. The highest BCUT2D eigenvalue weighted by molar-refractivity contribution is 6.07. The number of piperidine rings is 1. The highest BCUT2D eigenvalue weighted by Gasteiger charge is 2.32. The van der Waals surface area contributed by atoms with Gasteiger partial charge in [-0.3, -0.25) is 9.59 Å². The molecule has 1 aliphatic heterocycles. The summed E-state index contributed by atoms with van der Waals surface area (Å²) in [6, 6.07) is 1.76. The number of amides is 2. The van der Waals surface area contributed by atoms with E-state index in [0.717, 1.165) is 18.5 Å². The Bertz CT molecular complexity index is 1430.